The number of hydrazone groups is 1. The number of nitrogens with one attached hydrogen (secondary N) is 1. The molecule has 0 aromatic heterocycles. The molecule has 7 nitrogen and oxygen atoms in total. The molecule has 7 heteroatoms. The molecule has 0 saturated carbocycles. The molecule has 0 aliphatic carbocycles. The number of hydrogen-bond donors (Lipinski definition) is 1. The summed E-state index contributed by atoms with van der Waals surface area (Å²) in [6.45, 7) is 0.670. The third-order valence-electron chi connectivity index (χ3n) is 3.39. The van der Waals surface area contributed by atoms with Crippen LogP contribution in [0, 0.1) is 21.4 Å². The van der Waals surface area contributed by atoms with Crippen LogP contribution in [-0.4, -0.2) is 24.7 Å². The fourth-order valence-electron chi connectivity index (χ4n) is 2.07. The lowest BCUT2D eigenvalue weighted by atomic mass is 10.2. The predicted molar refractivity (Wildman–Crippen MR) is 94.3 cm³/mol. The van der Waals surface area contributed by atoms with Crippen molar-refractivity contribution in [2.24, 2.45) is 5.10 Å². The van der Waals surface area contributed by atoms with Gasteiger partial charge in [0.05, 0.1) is 23.6 Å². The summed E-state index contributed by atoms with van der Waals surface area (Å²) < 4.78 is 0. The van der Waals surface area contributed by atoms with Crippen LogP contribution in [0.15, 0.2) is 53.6 Å². The highest BCUT2D eigenvalue weighted by Crippen LogP contribution is 2.23. The number of nitro benzene ring substituents is 1. The maximum Gasteiger partial charge on any atom is 0.294 e. The second kappa shape index (κ2) is 8.29. The first-order valence-corrected chi connectivity index (χ1v) is 7.32. The van der Waals surface area contributed by atoms with Crippen LogP contribution in [0.3, 0.4) is 0 Å². The Kier molecular flexibility index (Phi) is 5.86. The van der Waals surface area contributed by atoms with Crippen LogP contribution in [-0.2, 0) is 0 Å². The van der Waals surface area contributed by atoms with E-state index in [1.165, 1.54) is 6.07 Å². The van der Waals surface area contributed by atoms with Gasteiger partial charge < -0.3 is 4.90 Å². The summed E-state index contributed by atoms with van der Waals surface area (Å²) in [6.07, 6.45) is 2.06. The number of hydrogen-bond acceptors (Lipinski definition) is 6. The fourth-order valence-corrected chi connectivity index (χ4v) is 2.07. The predicted octanol–water partition coefficient (Wildman–Crippen LogP) is 3.39. The summed E-state index contributed by atoms with van der Waals surface area (Å²) in [5.41, 5.74) is 4.87. The quantitative estimate of drug-likeness (QED) is 0.479. The van der Waals surface area contributed by atoms with Gasteiger partial charge in [0.1, 0.15) is 5.69 Å². The highest BCUT2D eigenvalue weighted by atomic mass is 16.6. The van der Waals surface area contributed by atoms with Gasteiger partial charge in [-0.15, -0.1) is 0 Å². The molecule has 0 atom stereocenters. The highest BCUT2D eigenvalue weighted by molar-refractivity contribution is 5.81. The van der Waals surface area contributed by atoms with Crippen LogP contribution >= 0.6 is 0 Å². The zero-order valence-electron chi connectivity index (χ0n) is 13.2. The molecule has 0 aliphatic rings. The van der Waals surface area contributed by atoms with Crippen molar-refractivity contribution in [2.75, 3.05) is 23.9 Å². The lowest BCUT2D eigenvalue weighted by molar-refractivity contribution is -0.384. The van der Waals surface area contributed by atoms with Crippen molar-refractivity contribution in [3.05, 3.63) is 64.2 Å². The SMILES string of the molecule is CN(CCC#N)c1ccc(/C=N\Nc2ccccc2[N+](=O)[O-])cc1. The van der Waals surface area contributed by atoms with E-state index in [-0.39, 0.29) is 5.69 Å². The zero-order chi connectivity index (χ0) is 17.4. The van der Waals surface area contributed by atoms with Gasteiger partial charge in [-0.3, -0.25) is 15.5 Å². The molecule has 0 heterocycles. The Morgan fingerprint density at radius 2 is 2.00 bits per heavy atom. The van der Waals surface area contributed by atoms with E-state index in [4.69, 9.17) is 5.26 Å². The first-order chi connectivity index (χ1) is 11.6. The summed E-state index contributed by atoms with van der Waals surface area (Å²) in [6, 6.07) is 16.1. The smallest absolute Gasteiger partial charge is 0.294 e. The summed E-state index contributed by atoms with van der Waals surface area (Å²) in [5, 5.41) is 23.6. The maximum atomic E-state index is 10.9. The lowest BCUT2D eigenvalue weighted by Crippen LogP contribution is -2.17. The van der Waals surface area contributed by atoms with Crippen molar-refractivity contribution in [2.45, 2.75) is 6.42 Å². The largest absolute Gasteiger partial charge is 0.374 e. The van der Waals surface area contributed by atoms with Gasteiger partial charge in [-0.25, -0.2) is 0 Å². The van der Waals surface area contributed by atoms with Crippen LogP contribution in [0.5, 0.6) is 0 Å². The molecule has 2 rings (SSSR count). The molecule has 0 radical (unpaired) electrons. The van der Waals surface area contributed by atoms with Gasteiger partial charge in [-0.1, -0.05) is 24.3 Å². The maximum absolute atomic E-state index is 10.9. The molecule has 122 valence electrons. The average Bonchev–Trinajstić information content (AvgIpc) is 2.60. The molecule has 0 unspecified atom stereocenters. The number of para-hydroxylation sites is 2. The van der Waals surface area contributed by atoms with E-state index in [1.807, 2.05) is 36.2 Å². The fraction of sp³-hybridized carbons (Fsp3) is 0.176. The van der Waals surface area contributed by atoms with Gasteiger partial charge >= 0.3 is 0 Å². The minimum Gasteiger partial charge on any atom is -0.374 e. The highest BCUT2D eigenvalue weighted by Gasteiger charge is 2.10. The Hall–Kier alpha value is -3.40. The van der Waals surface area contributed by atoms with Gasteiger partial charge in [-0.2, -0.15) is 10.4 Å². The van der Waals surface area contributed by atoms with Crippen molar-refractivity contribution in [1.82, 2.24) is 0 Å². The van der Waals surface area contributed by atoms with E-state index >= 15 is 0 Å². The molecule has 2 aromatic rings. The number of rotatable bonds is 7. The Bertz CT molecular complexity index is 765. The summed E-state index contributed by atoms with van der Waals surface area (Å²) >= 11 is 0. The van der Waals surface area contributed by atoms with Crippen LogP contribution in [0.1, 0.15) is 12.0 Å². The number of anilines is 2. The van der Waals surface area contributed by atoms with Gasteiger partial charge in [0.25, 0.3) is 5.69 Å². The number of nitriles is 1. The summed E-state index contributed by atoms with van der Waals surface area (Å²) in [7, 11) is 1.93. The van der Waals surface area contributed by atoms with Gasteiger partial charge in [0.15, 0.2) is 0 Å². The summed E-state index contributed by atoms with van der Waals surface area (Å²) in [4.78, 5) is 12.5. The van der Waals surface area contributed by atoms with Crippen LogP contribution in [0.4, 0.5) is 17.1 Å². The first kappa shape index (κ1) is 17.0. The second-order valence-corrected chi connectivity index (χ2v) is 5.07. The second-order valence-electron chi connectivity index (χ2n) is 5.07. The molecule has 0 bridgehead atoms. The van der Waals surface area contributed by atoms with Crippen molar-refractivity contribution < 1.29 is 4.92 Å². The van der Waals surface area contributed by atoms with E-state index in [0.717, 1.165) is 11.3 Å². The molecule has 0 aliphatic heterocycles. The molecule has 2 aromatic carbocycles. The molecule has 1 N–H and O–H groups in total. The zero-order valence-corrected chi connectivity index (χ0v) is 13.2. The van der Waals surface area contributed by atoms with Crippen molar-refractivity contribution in [3.63, 3.8) is 0 Å². The van der Waals surface area contributed by atoms with E-state index < -0.39 is 4.92 Å². The third-order valence-corrected chi connectivity index (χ3v) is 3.39. The molecule has 24 heavy (non-hydrogen) atoms. The van der Waals surface area contributed by atoms with Crippen molar-refractivity contribution >= 4 is 23.3 Å². The minimum atomic E-state index is -0.455. The first-order valence-electron chi connectivity index (χ1n) is 7.32. The molecule has 0 spiro atoms. The Balaban J connectivity index is 2.00. The molecule has 0 saturated heterocycles. The Morgan fingerprint density at radius 1 is 1.29 bits per heavy atom. The van der Waals surface area contributed by atoms with Gasteiger partial charge in [0, 0.05) is 25.3 Å². The normalized spacial score (nSPS) is 10.3. The Morgan fingerprint density at radius 3 is 2.67 bits per heavy atom. The lowest BCUT2D eigenvalue weighted by Gasteiger charge is -2.17. The number of nitrogens with zero attached hydrogens (tertiary/aromatic N) is 4. The summed E-state index contributed by atoms with van der Waals surface area (Å²) in [5.74, 6) is 0. The van der Waals surface area contributed by atoms with E-state index in [9.17, 15) is 10.1 Å². The topological polar surface area (TPSA) is 94.6 Å². The average molecular weight is 323 g/mol. The monoisotopic (exact) mass is 323 g/mol. The molecule has 0 amide bonds. The Labute approximate surface area is 140 Å². The van der Waals surface area contributed by atoms with Crippen LogP contribution < -0.4 is 10.3 Å². The number of nitro groups is 1. The van der Waals surface area contributed by atoms with E-state index in [1.54, 1.807) is 24.4 Å². The molecular weight excluding hydrogens is 306 g/mol. The third kappa shape index (κ3) is 4.55. The van der Waals surface area contributed by atoms with E-state index in [2.05, 4.69) is 16.6 Å². The van der Waals surface area contributed by atoms with Gasteiger partial charge in [0.2, 0.25) is 0 Å². The van der Waals surface area contributed by atoms with Crippen molar-refractivity contribution in [3.8, 4) is 6.07 Å². The standard InChI is InChI=1S/C17H17N5O2/c1-21(12-4-11-18)15-9-7-14(8-10-15)13-19-20-16-5-2-3-6-17(16)22(23)24/h2-3,5-10,13,20H,4,12H2,1H3/b19-13-. The number of benzene rings is 2. The minimum absolute atomic E-state index is 0.0240. The molecular formula is C17H17N5O2. The van der Waals surface area contributed by atoms with Crippen molar-refractivity contribution in [1.29, 1.82) is 5.26 Å². The molecule has 0 fully saturated rings. The van der Waals surface area contributed by atoms with E-state index in [0.29, 0.717) is 18.7 Å². The van der Waals surface area contributed by atoms with Gasteiger partial charge in [-0.05, 0) is 23.8 Å². The van der Waals surface area contributed by atoms with Crippen LogP contribution in [0.25, 0.3) is 0 Å². The van der Waals surface area contributed by atoms with Crippen LogP contribution in [0.2, 0.25) is 0 Å².